The number of fused-ring (bicyclic) bond motifs is 2. The van der Waals surface area contributed by atoms with Gasteiger partial charge in [0.2, 0.25) is 11.9 Å². The van der Waals surface area contributed by atoms with E-state index in [-0.39, 0.29) is 43.0 Å². The van der Waals surface area contributed by atoms with Crippen LogP contribution in [0.2, 0.25) is 0 Å². The number of carbonyl (C=O) groups excluding carboxylic acids is 1. The van der Waals surface area contributed by atoms with Crippen molar-refractivity contribution in [3.63, 3.8) is 0 Å². The Kier molecular flexibility index (Phi) is 9.84. The quantitative estimate of drug-likeness (QED) is 0.215. The maximum absolute atomic E-state index is 12.3. The van der Waals surface area contributed by atoms with Gasteiger partial charge in [0, 0.05) is 39.5 Å². The summed E-state index contributed by atoms with van der Waals surface area (Å²) in [6.45, 7) is 3.60. The van der Waals surface area contributed by atoms with Gasteiger partial charge in [0.15, 0.2) is 5.65 Å². The number of nitrogen functional groups attached to an aromatic ring is 2. The Bertz CT molecular complexity index is 1330. The first kappa shape index (κ1) is 27.5. The molecule has 196 valence electrons. The first-order valence-electron chi connectivity index (χ1n) is 11.8. The van der Waals surface area contributed by atoms with E-state index in [0.29, 0.717) is 11.9 Å². The average Bonchev–Trinajstić information content (AvgIpc) is 2.91. The van der Waals surface area contributed by atoms with E-state index in [2.05, 4.69) is 30.0 Å². The third kappa shape index (κ3) is 7.19. The number of aromatic nitrogens is 4. The number of amides is 1. The molecule has 0 aliphatic heterocycles. The second kappa shape index (κ2) is 13.3. The summed E-state index contributed by atoms with van der Waals surface area (Å²) < 4.78 is 4.54. The topological polar surface area (TPSA) is 191 Å². The first-order chi connectivity index (χ1) is 17.9. The molecule has 0 aliphatic carbocycles. The molecular formula is C25H33N9O3. The van der Waals surface area contributed by atoms with Crippen molar-refractivity contribution < 1.29 is 14.6 Å². The van der Waals surface area contributed by atoms with Crippen molar-refractivity contribution in [2.75, 3.05) is 49.7 Å². The summed E-state index contributed by atoms with van der Waals surface area (Å²) in [6, 6.07) is 13.9. The predicted octanol–water partition coefficient (Wildman–Crippen LogP) is 0.833. The minimum Gasteiger partial charge on any atom is -0.385 e. The predicted molar refractivity (Wildman–Crippen MR) is 145 cm³/mol. The number of carbonyl (C=O) groups is 1. The lowest BCUT2D eigenvalue weighted by Gasteiger charge is -2.25. The number of hydrogen-bond donors (Lipinski definition) is 5. The van der Waals surface area contributed by atoms with Gasteiger partial charge in [0.05, 0.1) is 11.9 Å². The van der Waals surface area contributed by atoms with Crippen molar-refractivity contribution in [2.24, 2.45) is 5.73 Å². The molecule has 1 unspecified atom stereocenters. The molecule has 1 atom stereocenters. The highest BCUT2D eigenvalue weighted by molar-refractivity contribution is 5.87. The number of nitrogens with zero attached hydrogens (tertiary/aromatic N) is 5. The van der Waals surface area contributed by atoms with E-state index in [0.717, 1.165) is 22.9 Å². The maximum Gasteiger partial charge on any atom is 0.250 e. The Morgan fingerprint density at radius 1 is 1.11 bits per heavy atom. The molecule has 0 fully saturated rings. The van der Waals surface area contributed by atoms with Gasteiger partial charge < -0.3 is 37.3 Å². The summed E-state index contributed by atoms with van der Waals surface area (Å²) in [6.07, 6.45) is 0.176. The van der Waals surface area contributed by atoms with Crippen LogP contribution in [0.1, 0.15) is 12.5 Å². The molecule has 4 rings (SSSR count). The zero-order valence-electron chi connectivity index (χ0n) is 21.0. The van der Waals surface area contributed by atoms with Crippen LogP contribution in [0, 0.1) is 0 Å². The van der Waals surface area contributed by atoms with Gasteiger partial charge in [-0.05, 0) is 23.3 Å². The van der Waals surface area contributed by atoms with Crippen molar-refractivity contribution in [1.29, 1.82) is 0 Å². The monoisotopic (exact) mass is 507 g/mol. The van der Waals surface area contributed by atoms with E-state index in [1.54, 1.807) is 12.0 Å². The third-order valence-corrected chi connectivity index (χ3v) is 5.44. The summed E-state index contributed by atoms with van der Waals surface area (Å²) in [7, 11) is 1.68. The molecule has 0 spiro atoms. The Hall–Kier alpha value is -4.13. The van der Waals surface area contributed by atoms with Crippen molar-refractivity contribution in [1.82, 2.24) is 25.3 Å². The molecule has 0 saturated carbocycles. The number of ether oxygens (including phenoxy) is 1. The number of aliphatic hydroxyl groups excluding tert-OH is 1. The van der Waals surface area contributed by atoms with Crippen molar-refractivity contribution in [2.45, 2.75) is 19.6 Å². The highest BCUT2D eigenvalue weighted by Crippen LogP contribution is 2.24. The lowest BCUT2D eigenvalue weighted by atomic mass is 10.0. The van der Waals surface area contributed by atoms with Crippen LogP contribution >= 0.6 is 0 Å². The molecule has 2 aromatic carbocycles. The molecule has 1 amide bonds. The van der Waals surface area contributed by atoms with Crippen LogP contribution < -0.4 is 27.4 Å². The number of rotatable bonds is 9. The molecule has 37 heavy (non-hydrogen) atoms. The largest absolute Gasteiger partial charge is 0.385 e. The van der Waals surface area contributed by atoms with Gasteiger partial charge in [0.25, 0.3) is 5.91 Å². The van der Waals surface area contributed by atoms with Gasteiger partial charge in [-0.3, -0.25) is 4.79 Å². The molecule has 12 heteroatoms. The van der Waals surface area contributed by atoms with E-state index < -0.39 is 12.0 Å². The SMILES string of the molecule is CCOC.NCCNC(=O)C(O)CN(Cc1cccc2ccccc12)c1ncc2c(N)nc(N)nc2n1. The van der Waals surface area contributed by atoms with Gasteiger partial charge in [0.1, 0.15) is 11.9 Å². The zero-order valence-corrected chi connectivity index (χ0v) is 21.0. The summed E-state index contributed by atoms with van der Waals surface area (Å²) in [5.41, 5.74) is 18.3. The summed E-state index contributed by atoms with van der Waals surface area (Å²) in [5, 5.41) is 15.7. The highest BCUT2D eigenvalue weighted by Gasteiger charge is 2.22. The van der Waals surface area contributed by atoms with Crippen LogP contribution in [0.3, 0.4) is 0 Å². The van der Waals surface area contributed by atoms with E-state index in [4.69, 9.17) is 17.2 Å². The Labute approximate surface area is 214 Å². The number of aliphatic hydroxyl groups is 1. The fourth-order valence-corrected chi connectivity index (χ4v) is 3.56. The average molecular weight is 508 g/mol. The number of benzene rings is 2. The standard InChI is InChI=1S/C22H25N9O2.C3H8O/c23-8-9-26-20(33)17(32)12-31(11-14-6-3-5-13-4-1-2-7-15(13)14)22-27-10-16-18(24)28-21(25)29-19(16)30-22;1-3-4-2/h1-7,10,17,32H,8-9,11-12,23H2,(H,26,33)(H4,24,25,27,28,29,30);3H2,1-2H3. The zero-order chi connectivity index (χ0) is 26.8. The van der Waals surface area contributed by atoms with Gasteiger partial charge in [-0.1, -0.05) is 42.5 Å². The van der Waals surface area contributed by atoms with E-state index in [1.165, 1.54) is 6.20 Å². The minimum absolute atomic E-state index is 0.00792. The molecule has 4 aromatic rings. The maximum atomic E-state index is 12.3. The molecule has 2 aromatic heterocycles. The van der Waals surface area contributed by atoms with Crippen LogP contribution in [0.5, 0.6) is 0 Å². The second-order valence-corrected chi connectivity index (χ2v) is 8.07. The fraction of sp³-hybridized carbons (Fsp3) is 0.320. The Morgan fingerprint density at radius 2 is 1.84 bits per heavy atom. The minimum atomic E-state index is -1.33. The van der Waals surface area contributed by atoms with Crippen molar-refractivity contribution in [3.8, 4) is 0 Å². The smallest absolute Gasteiger partial charge is 0.250 e. The number of nitrogens with one attached hydrogen (secondary N) is 1. The number of nitrogens with two attached hydrogens (primary N) is 3. The van der Waals surface area contributed by atoms with E-state index >= 15 is 0 Å². The fourth-order valence-electron chi connectivity index (χ4n) is 3.56. The molecule has 8 N–H and O–H groups in total. The summed E-state index contributed by atoms with van der Waals surface area (Å²) >= 11 is 0. The molecule has 0 radical (unpaired) electrons. The summed E-state index contributed by atoms with van der Waals surface area (Å²) in [4.78, 5) is 31.0. The number of methoxy groups -OCH3 is 1. The first-order valence-corrected chi connectivity index (χ1v) is 11.8. The number of anilines is 3. The summed E-state index contributed by atoms with van der Waals surface area (Å²) in [5.74, 6) is -0.101. The van der Waals surface area contributed by atoms with Gasteiger partial charge in [-0.15, -0.1) is 0 Å². The Morgan fingerprint density at radius 3 is 2.57 bits per heavy atom. The van der Waals surface area contributed by atoms with Crippen LogP contribution in [0.15, 0.2) is 48.7 Å². The third-order valence-electron chi connectivity index (χ3n) is 5.44. The molecule has 12 nitrogen and oxygen atoms in total. The molecular weight excluding hydrogens is 474 g/mol. The molecule has 0 bridgehead atoms. The number of hydrogen-bond acceptors (Lipinski definition) is 11. The molecule has 0 aliphatic rings. The second-order valence-electron chi connectivity index (χ2n) is 8.07. The lowest BCUT2D eigenvalue weighted by Crippen LogP contribution is -2.44. The van der Waals surface area contributed by atoms with Gasteiger partial charge in [-0.25, -0.2) is 4.98 Å². The van der Waals surface area contributed by atoms with Crippen molar-refractivity contribution in [3.05, 3.63) is 54.2 Å². The molecule has 0 saturated heterocycles. The van der Waals surface area contributed by atoms with Gasteiger partial charge in [-0.2, -0.15) is 15.0 Å². The van der Waals surface area contributed by atoms with Gasteiger partial charge >= 0.3 is 0 Å². The van der Waals surface area contributed by atoms with Crippen LogP contribution in [-0.2, 0) is 16.1 Å². The normalized spacial score (nSPS) is 11.6. The Balaban J connectivity index is 0.000000886. The lowest BCUT2D eigenvalue weighted by molar-refractivity contribution is -0.128. The van der Waals surface area contributed by atoms with E-state index in [9.17, 15) is 9.90 Å². The van der Waals surface area contributed by atoms with E-state index in [1.807, 2.05) is 49.4 Å². The molecule has 2 heterocycles. The van der Waals surface area contributed by atoms with Crippen LogP contribution in [0.4, 0.5) is 17.7 Å². The van der Waals surface area contributed by atoms with Crippen LogP contribution in [0.25, 0.3) is 21.8 Å². The van der Waals surface area contributed by atoms with Crippen LogP contribution in [-0.4, -0.2) is 70.4 Å². The van der Waals surface area contributed by atoms with Crippen molar-refractivity contribution >= 4 is 45.4 Å². The highest BCUT2D eigenvalue weighted by atomic mass is 16.5.